The second-order valence-electron chi connectivity index (χ2n) is 16.0. The van der Waals surface area contributed by atoms with Crippen LogP contribution in [0.15, 0.2) is 42.1 Å². The highest BCUT2D eigenvalue weighted by atomic mass is 32.2. The fraction of sp³-hybridized carbons (Fsp3) is 0.550. The van der Waals surface area contributed by atoms with Crippen LogP contribution in [0.25, 0.3) is 10.9 Å². The zero-order valence-electron chi connectivity index (χ0n) is 34.6. The summed E-state index contributed by atoms with van der Waals surface area (Å²) >= 11 is 1.07. The standard InChI is InChI=1S/C40H57N7O10S/c1-23(34(52)43-26(38(56)57)20-29(48)42-16-18-47-30(49)21-28(36(47)54)58-19-15-31(50)51)14-17-45(8)37(55)33(39(2,3)4)44-35(53)32(41-7)40(5,6)25-22-46(9)27-13-11-10-12-24(25)27/h10-14,22,26,28,32-33,41H,15-21H2,1-9H3,(H,42,48)(H,43,52)(H,44,53)(H,50,51)(H,56,57)/b23-14+/t26-,28?,32+,33?/m0/s1. The van der Waals surface area contributed by atoms with Gasteiger partial charge in [0.2, 0.25) is 35.4 Å². The number of nitrogens with zero attached hydrogens (tertiary/aromatic N) is 3. The number of imide groups is 1. The van der Waals surface area contributed by atoms with Crippen molar-refractivity contribution in [3.63, 3.8) is 0 Å². The zero-order chi connectivity index (χ0) is 43.7. The predicted octanol–water partition coefficient (Wildman–Crippen LogP) is 1.39. The van der Waals surface area contributed by atoms with Crippen molar-refractivity contribution in [3.05, 3.63) is 47.7 Å². The smallest absolute Gasteiger partial charge is 0.326 e. The Morgan fingerprint density at radius 3 is 2.28 bits per heavy atom. The number of fused-ring (bicyclic) bond motifs is 1. The highest BCUT2D eigenvalue weighted by Gasteiger charge is 2.42. The van der Waals surface area contributed by atoms with Gasteiger partial charge in [-0.05, 0) is 31.0 Å². The van der Waals surface area contributed by atoms with E-state index in [1.54, 1.807) is 7.05 Å². The third-order valence-electron chi connectivity index (χ3n) is 10.2. The zero-order valence-corrected chi connectivity index (χ0v) is 35.5. The quantitative estimate of drug-likeness (QED) is 0.0821. The topological polar surface area (TPSA) is 237 Å². The number of aromatic nitrogens is 1. The van der Waals surface area contributed by atoms with E-state index in [9.17, 15) is 43.5 Å². The van der Waals surface area contributed by atoms with E-state index in [2.05, 4.69) is 21.3 Å². The minimum absolute atomic E-state index is 0.0530. The molecule has 1 aliphatic heterocycles. The first-order valence-electron chi connectivity index (χ1n) is 18.9. The number of aryl methyl sites for hydroxylation is 1. The number of rotatable bonds is 20. The summed E-state index contributed by atoms with van der Waals surface area (Å²) in [5, 5.41) is 29.7. The molecule has 1 fully saturated rings. The number of nitrogens with one attached hydrogen (secondary N) is 4. The SMILES string of the molecule is CN[C@H](C(=O)NC(C(=O)N(C)C/C=C(\C)C(=O)N[C@@H](CC(=O)NCCN1C(=O)CC(SCCC(=O)O)C1=O)C(=O)O)C(C)(C)C)C(C)(C)c1cn(C)c2ccccc12. The molecule has 0 aliphatic carbocycles. The summed E-state index contributed by atoms with van der Waals surface area (Å²) in [6, 6.07) is 4.65. The van der Waals surface area contributed by atoms with Gasteiger partial charge in [-0.15, -0.1) is 11.8 Å². The van der Waals surface area contributed by atoms with E-state index in [-0.39, 0.29) is 49.7 Å². The molecule has 58 heavy (non-hydrogen) atoms. The van der Waals surface area contributed by atoms with Crippen molar-refractivity contribution in [2.45, 2.75) is 89.6 Å². The fourth-order valence-electron chi connectivity index (χ4n) is 6.72. The molecule has 6 amide bonds. The maximum atomic E-state index is 14.0. The van der Waals surface area contributed by atoms with Crippen LogP contribution in [0.5, 0.6) is 0 Å². The van der Waals surface area contributed by atoms with Crippen molar-refractivity contribution in [2.75, 3.05) is 39.5 Å². The molecule has 1 saturated heterocycles. The van der Waals surface area contributed by atoms with Gasteiger partial charge in [0.25, 0.3) is 0 Å². The number of carboxylic acid groups (broad SMARTS) is 2. The number of carboxylic acids is 2. The van der Waals surface area contributed by atoms with E-state index < -0.39 is 82.1 Å². The van der Waals surface area contributed by atoms with Gasteiger partial charge in [-0.2, -0.15) is 0 Å². The molecule has 4 atom stereocenters. The average molecular weight is 828 g/mol. The van der Waals surface area contributed by atoms with E-state index in [1.807, 2.05) is 76.7 Å². The Morgan fingerprint density at radius 2 is 1.67 bits per heavy atom. The van der Waals surface area contributed by atoms with E-state index in [0.717, 1.165) is 33.1 Å². The number of carbonyl (C=O) groups excluding carboxylic acids is 6. The lowest BCUT2D eigenvalue weighted by atomic mass is 9.76. The maximum Gasteiger partial charge on any atom is 0.326 e. The Morgan fingerprint density at radius 1 is 1.02 bits per heavy atom. The average Bonchev–Trinajstić information content (AvgIpc) is 3.62. The van der Waals surface area contributed by atoms with Crippen LogP contribution in [0.1, 0.15) is 66.4 Å². The molecule has 0 radical (unpaired) electrons. The molecular formula is C40H57N7O10S. The summed E-state index contributed by atoms with van der Waals surface area (Å²) in [6.07, 6.45) is 2.56. The number of aliphatic carboxylic acids is 2. The lowest BCUT2D eigenvalue weighted by Crippen LogP contribution is -2.60. The summed E-state index contributed by atoms with van der Waals surface area (Å²) < 4.78 is 2.01. The first kappa shape index (κ1) is 47.1. The number of para-hydroxylation sites is 1. The van der Waals surface area contributed by atoms with Crippen molar-refractivity contribution >= 4 is 70.0 Å². The number of thioether (sulfide) groups is 1. The minimum Gasteiger partial charge on any atom is -0.481 e. The van der Waals surface area contributed by atoms with Gasteiger partial charge >= 0.3 is 11.9 Å². The Balaban J connectivity index is 1.58. The normalized spacial score (nSPS) is 16.5. The molecule has 2 aromatic rings. The van der Waals surface area contributed by atoms with Crippen molar-refractivity contribution in [1.82, 2.24) is 35.6 Å². The van der Waals surface area contributed by atoms with Gasteiger partial charge in [-0.25, -0.2) is 4.79 Å². The molecule has 318 valence electrons. The second-order valence-corrected chi connectivity index (χ2v) is 17.3. The van der Waals surface area contributed by atoms with Gasteiger partial charge in [0.1, 0.15) is 12.1 Å². The number of hydrogen-bond donors (Lipinski definition) is 6. The number of likely N-dealkylation sites (N-methyl/N-ethyl adjacent to an activating group) is 2. The van der Waals surface area contributed by atoms with Gasteiger partial charge in [0.15, 0.2) is 0 Å². The van der Waals surface area contributed by atoms with Gasteiger partial charge in [-0.3, -0.25) is 38.5 Å². The van der Waals surface area contributed by atoms with Crippen molar-refractivity contribution < 1.29 is 48.6 Å². The first-order valence-corrected chi connectivity index (χ1v) is 20.0. The number of hydrogen-bond acceptors (Lipinski definition) is 10. The van der Waals surface area contributed by atoms with Crippen LogP contribution in [-0.2, 0) is 50.8 Å². The molecule has 2 heterocycles. The molecule has 18 heteroatoms. The Hall–Kier alpha value is -5.23. The van der Waals surface area contributed by atoms with E-state index >= 15 is 0 Å². The van der Waals surface area contributed by atoms with Gasteiger partial charge in [0.05, 0.1) is 24.1 Å². The third kappa shape index (κ3) is 11.9. The third-order valence-corrected chi connectivity index (χ3v) is 11.4. The summed E-state index contributed by atoms with van der Waals surface area (Å²) in [6.45, 7) is 10.5. The highest BCUT2D eigenvalue weighted by Crippen LogP contribution is 2.35. The van der Waals surface area contributed by atoms with Crippen LogP contribution in [0.4, 0.5) is 0 Å². The molecule has 0 spiro atoms. The van der Waals surface area contributed by atoms with E-state index in [4.69, 9.17) is 5.11 Å². The minimum atomic E-state index is -1.61. The lowest BCUT2D eigenvalue weighted by molar-refractivity contribution is -0.143. The van der Waals surface area contributed by atoms with Crippen LogP contribution in [0.3, 0.4) is 0 Å². The van der Waals surface area contributed by atoms with Crippen LogP contribution in [0, 0.1) is 5.41 Å². The largest absolute Gasteiger partial charge is 0.481 e. The summed E-state index contributed by atoms with van der Waals surface area (Å²) in [5.74, 6) is -5.58. The van der Waals surface area contributed by atoms with Crippen molar-refractivity contribution in [1.29, 1.82) is 0 Å². The highest BCUT2D eigenvalue weighted by molar-refractivity contribution is 8.00. The van der Waals surface area contributed by atoms with Crippen LogP contribution in [-0.4, -0.2) is 135 Å². The van der Waals surface area contributed by atoms with Crippen LogP contribution >= 0.6 is 11.8 Å². The molecule has 17 nitrogen and oxygen atoms in total. The number of likely N-dealkylation sites (tertiary alicyclic amines) is 1. The summed E-state index contributed by atoms with van der Waals surface area (Å²) in [5.41, 5.74) is 0.671. The van der Waals surface area contributed by atoms with E-state index in [1.165, 1.54) is 24.9 Å². The van der Waals surface area contributed by atoms with Gasteiger partial charge < -0.3 is 40.9 Å². The number of benzene rings is 1. The summed E-state index contributed by atoms with van der Waals surface area (Å²) in [4.78, 5) is 103. The molecule has 6 N–H and O–H groups in total. The first-order chi connectivity index (χ1) is 27.0. The second kappa shape index (κ2) is 20.0. The van der Waals surface area contributed by atoms with Crippen LogP contribution in [0.2, 0.25) is 0 Å². The van der Waals surface area contributed by atoms with Gasteiger partial charge in [-0.1, -0.05) is 58.9 Å². The predicted molar refractivity (Wildman–Crippen MR) is 219 cm³/mol. The molecule has 1 aliphatic rings. The summed E-state index contributed by atoms with van der Waals surface area (Å²) in [7, 11) is 5.17. The monoisotopic (exact) mass is 827 g/mol. The van der Waals surface area contributed by atoms with Crippen molar-refractivity contribution in [3.8, 4) is 0 Å². The molecule has 1 aromatic heterocycles. The molecule has 0 saturated carbocycles. The Kier molecular flexibility index (Phi) is 16.2. The Labute approximate surface area is 342 Å². The van der Waals surface area contributed by atoms with Crippen LogP contribution < -0.4 is 21.3 Å². The number of carbonyl (C=O) groups is 8. The molecule has 3 rings (SSSR count). The lowest BCUT2D eigenvalue weighted by Gasteiger charge is -2.38. The van der Waals surface area contributed by atoms with Crippen molar-refractivity contribution in [2.24, 2.45) is 12.5 Å². The molecule has 0 bridgehead atoms. The maximum absolute atomic E-state index is 14.0. The molecular weight excluding hydrogens is 771 g/mol. The Bertz CT molecular complexity index is 1930. The molecule has 1 aromatic carbocycles. The van der Waals surface area contributed by atoms with E-state index in [0.29, 0.717) is 0 Å². The number of amides is 6. The fourth-order valence-corrected chi connectivity index (χ4v) is 7.83. The molecule has 2 unspecified atom stereocenters. The van der Waals surface area contributed by atoms with Gasteiger partial charge in [0, 0.05) is 74.0 Å².